The van der Waals surface area contributed by atoms with E-state index in [0.29, 0.717) is 39.4 Å². The molecule has 0 radical (unpaired) electrons. The Balaban J connectivity index is 1.62. The number of ether oxygens (including phenoxy) is 3. The third kappa shape index (κ3) is 9.79. The molecule has 1 heterocycles. The van der Waals surface area contributed by atoms with Crippen LogP contribution in [0.15, 0.2) is 29.4 Å². The van der Waals surface area contributed by atoms with Gasteiger partial charge in [0.1, 0.15) is 5.60 Å². The molecule has 0 fully saturated rings. The number of benzene rings is 1. The van der Waals surface area contributed by atoms with Gasteiger partial charge in [0.2, 0.25) is 5.91 Å². The standard InChI is InChI=1S/C24H38N4O5/c1-6-28(12-14-32-16-15-31-13-11-25-23(30)33-24(3,4)5)20-9-7-19(8-10-20)22-18(2)17-21(29)26-27-22/h7-10,18H,6,11-17H2,1-5H3,(H,25,30)(H,26,29)/t18-/m1/s1. The molecule has 9 nitrogen and oxygen atoms in total. The summed E-state index contributed by atoms with van der Waals surface area (Å²) in [7, 11) is 0. The normalized spacial score (nSPS) is 16.1. The fourth-order valence-corrected chi connectivity index (χ4v) is 3.35. The van der Waals surface area contributed by atoms with E-state index in [2.05, 4.69) is 39.8 Å². The van der Waals surface area contributed by atoms with E-state index in [1.807, 2.05) is 39.8 Å². The zero-order valence-electron chi connectivity index (χ0n) is 20.5. The van der Waals surface area contributed by atoms with Crippen LogP contribution in [-0.4, -0.2) is 69.4 Å². The van der Waals surface area contributed by atoms with Crippen LogP contribution in [0.4, 0.5) is 10.5 Å². The minimum atomic E-state index is -0.505. The van der Waals surface area contributed by atoms with Gasteiger partial charge in [-0.15, -0.1) is 0 Å². The summed E-state index contributed by atoms with van der Waals surface area (Å²) >= 11 is 0. The maximum absolute atomic E-state index is 11.5. The molecule has 0 unspecified atom stereocenters. The largest absolute Gasteiger partial charge is 0.444 e. The lowest BCUT2D eigenvalue weighted by molar-refractivity contribution is -0.121. The zero-order valence-corrected chi connectivity index (χ0v) is 20.5. The van der Waals surface area contributed by atoms with Crippen LogP contribution in [0.25, 0.3) is 0 Å². The first-order chi connectivity index (χ1) is 15.7. The van der Waals surface area contributed by atoms with E-state index in [1.54, 1.807) is 0 Å². The number of hydrogen-bond donors (Lipinski definition) is 2. The highest BCUT2D eigenvalue weighted by Crippen LogP contribution is 2.20. The minimum absolute atomic E-state index is 0.0390. The molecule has 1 aromatic rings. The van der Waals surface area contributed by atoms with Gasteiger partial charge >= 0.3 is 6.09 Å². The monoisotopic (exact) mass is 462 g/mol. The summed E-state index contributed by atoms with van der Waals surface area (Å²) in [5.41, 5.74) is 5.11. The van der Waals surface area contributed by atoms with Crippen molar-refractivity contribution in [2.24, 2.45) is 11.0 Å². The molecule has 1 atom stereocenters. The van der Waals surface area contributed by atoms with Crippen LogP contribution in [0.3, 0.4) is 0 Å². The van der Waals surface area contributed by atoms with E-state index in [-0.39, 0.29) is 11.8 Å². The number of amides is 2. The molecule has 2 rings (SSSR count). The van der Waals surface area contributed by atoms with Gasteiger partial charge in [0.05, 0.1) is 32.1 Å². The molecule has 0 aromatic heterocycles. The number of nitrogens with zero attached hydrogens (tertiary/aromatic N) is 2. The molecular weight excluding hydrogens is 424 g/mol. The molecule has 0 spiro atoms. The zero-order chi connectivity index (χ0) is 24.3. The first-order valence-electron chi connectivity index (χ1n) is 11.5. The van der Waals surface area contributed by atoms with Gasteiger partial charge in [0, 0.05) is 37.7 Å². The van der Waals surface area contributed by atoms with Gasteiger partial charge in [-0.3, -0.25) is 4.79 Å². The maximum atomic E-state index is 11.5. The highest BCUT2D eigenvalue weighted by atomic mass is 16.6. The third-order valence-electron chi connectivity index (χ3n) is 4.96. The number of anilines is 1. The summed E-state index contributed by atoms with van der Waals surface area (Å²) < 4.78 is 16.3. The number of nitrogens with one attached hydrogen (secondary N) is 2. The highest BCUT2D eigenvalue weighted by Gasteiger charge is 2.21. The van der Waals surface area contributed by atoms with E-state index in [4.69, 9.17) is 14.2 Å². The van der Waals surface area contributed by atoms with Crippen LogP contribution in [0, 0.1) is 5.92 Å². The molecule has 2 N–H and O–H groups in total. The first-order valence-corrected chi connectivity index (χ1v) is 11.5. The van der Waals surface area contributed by atoms with Crippen molar-refractivity contribution < 1.29 is 23.8 Å². The second-order valence-electron chi connectivity index (χ2n) is 8.92. The predicted molar refractivity (Wildman–Crippen MR) is 129 cm³/mol. The van der Waals surface area contributed by atoms with E-state index in [0.717, 1.165) is 30.1 Å². The van der Waals surface area contributed by atoms with Crippen LogP contribution in [0.5, 0.6) is 0 Å². The van der Waals surface area contributed by atoms with Gasteiger partial charge in [0.15, 0.2) is 0 Å². The molecule has 0 saturated heterocycles. The molecule has 0 aliphatic carbocycles. The van der Waals surface area contributed by atoms with Crippen LogP contribution >= 0.6 is 0 Å². The number of rotatable bonds is 12. The summed E-state index contributed by atoms with van der Waals surface area (Å²) in [5, 5.41) is 6.87. The topological polar surface area (TPSA) is 101 Å². The lowest BCUT2D eigenvalue weighted by Gasteiger charge is -2.24. The van der Waals surface area contributed by atoms with Crippen LogP contribution in [-0.2, 0) is 19.0 Å². The fraction of sp³-hybridized carbons (Fsp3) is 0.625. The maximum Gasteiger partial charge on any atom is 0.407 e. The molecule has 0 saturated carbocycles. The second kappa shape index (κ2) is 13.2. The van der Waals surface area contributed by atoms with Gasteiger partial charge in [-0.2, -0.15) is 5.10 Å². The van der Waals surface area contributed by atoms with E-state index in [1.165, 1.54) is 0 Å². The fourth-order valence-electron chi connectivity index (χ4n) is 3.35. The number of hydrazone groups is 1. The van der Waals surface area contributed by atoms with E-state index >= 15 is 0 Å². The number of likely N-dealkylation sites (N-methyl/N-ethyl adjacent to an activating group) is 1. The molecule has 0 bridgehead atoms. The van der Waals surface area contributed by atoms with Crippen molar-refractivity contribution in [3.05, 3.63) is 29.8 Å². The van der Waals surface area contributed by atoms with Crippen LogP contribution in [0.1, 0.15) is 46.6 Å². The van der Waals surface area contributed by atoms with Crippen molar-refractivity contribution >= 4 is 23.4 Å². The summed E-state index contributed by atoms with van der Waals surface area (Å²) in [6, 6.07) is 8.24. The van der Waals surface area contributed by atoms with Gasteiger partial charge in [-0.05, 0) is 45.4 Å². The van der Waals surface area contributed by atoms with E-state index in [9.17, 15) is 9.59 Å². The van der Waals surface area contributed by atoms with Crippen molar-refractivity contribution in [2.75, 3.05) is 51.0 Å². The number of carbonyl (C=O) groups excluding carboxylic acids is 2. The summed E-state index contributed by atoms with van der Waals surface area (Å²) in [4.78, 5) is 25.2. The lowest BCUT2D eigenvalue weighted by atomic mass is 9.94. The first kappa shape index (κ1) is 26.6. The molecule has 1 aliphatic heterocycles. The third-order valence-corrected chi connectivity index (χ3v) is 4.96. The molecule has 1 aliphatic rings. The molecular formula is C24H38N4O5. The smallest absolute Gasteiger partial charge is 0.407 e. The van der Waals surface area contributed by atoms with Crippen molar-refractivity contribution in [3.63, 3.8) is 0 Å². The van der Waals surface area contributed by atoms with Gasteiger partial charge in [-0.25, -0.2) is 10.2 Å². The highest BCUT2D eigenvalue weighted by molar-refractivity contribution is 6.05. The Morgan fingerprint density at radius 1 is 1.15 bits per heavy atom. The summed E-state index contributed by atoms with van der Waals surface area (Å²) in [6.07, 6.45) is 0.0197. The van der Waals surface area contributed by atoms with Crippen LogP contribution in [0.2, 0.25) is 0 Å². The van der Waals surface area contributed by atoms with Gasteiger partial charge in [-0.1, -0.05) is 19.1 Å². The number of hydrogen-bond acceptors (Lipinski definition) is 7. The Morgan fingerprint density at radius 3 is 2.42 bits per heavy atom. The Bertz CT molecular complexity index is 789. The summed E-state index contributed by atoms with van der Waals surface area (Å²) in [5.74, 6) is 0.0680. The molecule has 2 amide bonds. The summed E-state index contributed by atoms with van der Waals surface area (Å²) in [6.45, 7) is 13.6. The Kier molecular flexibility index (Phi) is 10.6. The van der Waals surface area contributed by atoms with Crippen molar-refractivity contribution in [3.8, 4) is 0 Å². The molecule has 1 aromatic carbocycles. The Morgan fingerprint density at radius 2 is 1.82 bits per heavy atom. The average molecular weight is 463 g/mol. The number of carbonyl (C=O) groups is 2. The lowest BCUT2D eigenvalue weighted by Crippen LogP contribution is -2.34. The predicted octanol–water partition coefficient (Wildman–Crippen LogP) is 2.93. The quantitative estimate of drug-likeness (QED) is 0.463. The second-order valence-corrected chi connectivity index (χ2v) is 8.92. The molecule has 9 heteroatoms. The van der Waals surface area contributed by atoms with Crippen molar-refractivity contribution in [2.45, 2.75) is 46.6 Å². The molecule has 33 heavy (non-hydrogen) atoms. The Hall–Kier alpha value is -2.65. The average Bonchev–Trinajstić information content (AvgIpc) is 2.74. The SMILES string of the molecule is CCN(CCOCCOCCNC(=O)OC(C)(C)C)c1ccc(C2=NNC(=O)C[C@H]2C)cc1. The van der Waals surface area contributed by atoms with Crippen molar-refractivity contribution in [1.82, 2.24) is 10.7 Å². The van der Waals surface area contributed by atoms with Gasteiger partial charge < -0.3 is 24.4 Å². The molecule has 184 valence electrons. The Labute approximate surface area is 196 Å². The number of alkyl carbamates (subject to hydrolysis) is 1. The van der Waals surface area contributed by atoms with Gasteiger partial charge in [0.25, 0.3) is 0 Å². The van der Waals surface area contributed by atoms with Crippen LogP contribution < -0.4 is 15.6 Å². The van der Waals surface area contributed by atoms with Crippen molar-refractivity contribution in [1.29, 1.82) is 0 Å². The minimum Gasteiger partial charge on any atom is -0.444 e. The van der Waals surface area contributed by atoms with E-state index < -0.39 is 11.7 Å².